The maximum Gasteiger partial charge on any atom is 0.240 e. The van der Waals surface area contributed by atoms with Crippen LogP contribution in [0, 0.1) is 0 Å². The number of methoxy groups -OCH3 is 2. The van der Waals surface area contributed by atoms with E-state index in [2.05, 4.69) is 78.8 Å². The summed E-state index contributed by atoms with van der Waals surface area (Å²) in [5.74, 6) is 1.99. The van der Waals surface area contributed by atoms with Gasteiger partial charge in [-0.15, -0.1) is 0 Å². The lowest BCUT2D eigenvalue weighted by atomic mass is 9.91. The van der Waals surface area contributed by atoms with Crippen LogP contribution >= 0.6 is 0 Å². The van der Waals surface area contributed by atoms with Crippen LogP contribution in [0.5, 0.6) is 0 Å². The monoisotopic (exact) mass is 1150 g/mol. The van der Waals surface area contributed by atoms with Gasteiger partial charge in [0.05, 0.1) is 30.8 Å². The highest BCUT2D eigenvalue weighted by Gasteiger charge is 2.46. The van der Waals surface area contributed by atoms with Gasteiger partial charge in [-0.2, -0.15) is 0 Å². The third-order valence-corrected chi connectivity index (χ3v) is 16.1. The number of rotatable bonds is 23. The molecule has 11 rings (SSSR count). The Kier molecular flexibility index (Phi) is 19.2. The molecule has 9 N–H and O–H groups in total. The second kappa shape index (κ2) is 27.2. The number of hydrogen-bond donors (Lipinski definition) is 8. The number of nitrogens with two attached hydrogens (primary N) is 1. The summed E-state index contributed by atoms with van der Waals surface area (Å²) < 4.78 is 53.7. The first-order valence-electron chi connectivity index (χ1n) is 27.4. The highest BCUT2D eigenvalue weighted by molar-refractivity contribution is 7.89. The number of aliphatic hydroxyl groups excluding tert-OH is 4. The van der Waals surface area contributed by atoms with Crippen molar-refractivity contribution in [1.29, 1.82) is 0 Å². The summed E-state index contributed by atoms with van der Waals surface area (Å²) in [6.07, 6.45) is -4.25. The predicted octanol–water partition coefficient (Wildman–Crippen LogP) is 4.69. The Morgan fingerprint density at radius 1 is 0.542 bits per heavy atom. The number of nitrogens with zero attached hydrogens (tertiary/aromatic N) is 8. The Morgan fingerprint density at radius 3 is 1.29 bits per heavy atom. The number of fused-ring (bicyclic) bond motifs is 2. The minimum absolute atomic E-state index is 0.0134. The van der Waals surface area contributed by atoms with Crippen molar-refractivity contribution in [2.75, 3.05) is 64.2 Å². The fourth-order valence-electron chi connectivity index (χ4n) is 10.4. The van der Waals surface area contributed by atoms with Crippen LogP contribution in [-0.4, -0.2) is 158 Å². The molecular weight excluding hydrogens is 1080 g/mol. The molecule has 22 nitrogen and oxygen atoms in total. The zero-order valence-corrected chi connectivity index (χ0v) is 46.6. The highest BCUT2D eigenvalue weighted by atomic mass is 32.2. The second-order valence-electron chi connectivity index (χ2n) is 20.1. The Balaban J connectivity index is 0.000000190. The van der Waals surface area contributed by atoms with Gasteiger partial charge in [-0.05, 0) is 40.9 Å². The average Bonchev–Trinajstić information content (AvgIpc) is 4.48. The quantitative estimate of drug-likeness (QED) is 0.0431. The minimum Gasteiger partial charge on any atom is -0.387 e. The van der Waals surface area contributed by atoms with Gasteiger partial charge in [0.15, 0.2) is 46.4 Å². The van der Waals surface area contributed by atoms with Crippen molar-refractivity contribution >= 4 is 44.0 Å². The lowest BCUT2D eigenvalue weighted by Crippen LogP contribution is -2.33. The van der Waals surface area contributed by atoms with Gasteiger partial charge in [-0.1, -0.05) is 140 Å². The van der Waals surface area contributed by atoms with Crippen molar-refractivity contribution in [3.8, 4) is 0 Å². The molecule has 5 aromatic carbocycles. The Morgan fingerprint density at radius 2 is 0.916 bits per heavy atom. The summed E-state index contributed by atoms with van der Waals surface area (Å²) >= 11 is 0. The first kappa shape index (κ1) is 58.5. The first-order valence-corrected chi connectivity index (χ1v) is 28.8. The van der Waals surface area contributed by atoms with Gasteiger partial charge in [-0.25, -0.2) is 43.0 Å². The Labute approximate surface area is 480 Å². The van der Waals surface area contributed by atoms with E-state index >= 15 is 0 Å². The van der Waals surface area contributed by atoms with E-state index in [0.29, 0.717) is 71.7 Å². The lowest BCUT2D eigenvalue weighted by molar-refractivity contribution is -0.0580. The molecule has 0 radical (unpaired) electrons. The van der Waals surface area contributed by atoms with Crippen LogP contribution in [0.15, 0.2) is 169 Å². The van der Waals surface area contributed by atoms with Crippen LogP contribution in [-0.2, 0) is 41.8 Å². The molecule has 23 heteroatoms. The van der Waals surface area contributed by atoms with Crippen molar-refractivity contribution in [1.82, 2.24) is 43.8 Å². The molecule has 4 aromatic heterocycles. The van der Waals surface area contributed by atoms with Crippen molar-refractivity contribution in [3.63, 3.8) is 0 Å². The van der Waals surface area contributed by atoms with E-state index in [0.717, 1.165) is 11.1 Å². The lowest BCUT2D eigenvalue weighted by Gasteiger charge is -2.20. The number of anilines is 2. The molecule has 2 saturated heterocycles. The molecule has 0 spiro atoms. The van der Waals surface area contributed by atoms with E-state index < -0.39 is 59.1 Å². The minimum atomic E-state index is -3.73. The maximum atomic E-state index is 12.8. The standard InChI is InChI=1S/C33H36N6O6S.C27H32N6O4/c1-44-20-26-29(40)30(41)33(45-26)39-21-35-28-31(34-19-25(22-11-5-2-6-12-22)23-13-7-3-8-14-23)37-27(38-32(28)39)17-18-36-46(42,43)24-15-9-4-10-16-24;1-36-15-20-23(34)24(35)27(37-20)33-16-30-22-25(31-21(12-13-28)32-26(22)33)29-14-19(17-8-4-2-5-9-17)18-10-6-3-7-11-18/h2-16,21,25-26,29-30,33,36,40-41H,17-20H2,1H3,(H,34,37,38);2-11,16,19-20,23-24,27,34-35H,12-15,28H2,1H3,(H,29,31,32)/t26-,29-,30-,33-;20-,23-,24-,27-/m11/s1. The number of imidazole rings is 2. The van der Waals surface area contributed by atoms with Crippen LogP contribution in [0.2, 0.25) is 0 Å². The molecular formula is C60H68N12O10S. The van der Waals surface area contributed by atoms with Gasteiger partial charge in [0.1, 0.15) is 48.3 Å². The van der Waals surface area contributed by atoms with Gasteiger partial charge < -0.3 is 55.7 Å². The fraction of sp³-hybridized carbons (Fsp3) is 0.333. The van der Waals surface area contributed by atoms with Crippen LogP contribution in [0.3, 0.4) is 0 Å². The summed E-state index contributed by atoms with van der Waals surface area (Å²) in [7, 11) is -0.724. The molecule has 2 fully saturated rings. The fourth-order valence-corrected chi connectivity index (χ4v) is 11.4. The van der Waals surface area contributed by atoms with Gasteiger partial charge in [0, 0.05) is 58.5 Å². The zero-order valence-electron chi connectivity index (χ0n) is 45.8. The van der Waals surface area contributed by atoms with Crippen molar-refractivity contribution in [3.05, 3.63) is 198 Å². The second-order valence-corrected chi connectivity index (χ2v) is 21.9. The summed E-state index contributed by atoms with van der Waals surface area (Å²) in [6.45, 7) is 1.73. The molecule has 6 heterocycles. The number of ether oxygens (including phenoxy) is 4. The van der Waals surface area contributed by atoms with Gasteiger partial charge in [-0.3, -0.25) is 9.13 Å². The summed E-state index contributed by atoms with van der Waals surface area (Å²) in [6, 6.07) is 49.0. The van der Waals surface area contributed by atoms with E-state index in [1.165, 1.54) is 43.8 Å². The third kappa shape index (κ3) is 13.4. The topological polar surface area (TPSA) is 301 Å². The zero-order chi connectivity index (χ0) is 57.9. The number of benzene rings is 5. The number of nitrogens with one attached hydrogen (secondary N) is 3. The van der Waals surface area contributed by atoms with Crippen LogP contribution in [0.1, 0.15) is 58.2 Å². The summed E-state index contributed by atoms with van der Waals surface area (Å²) in [5, 5.41) is 49.6. The van der Waals surface area contributed by atoms with E-state index in [4.69, 9.17) is 39.6 Å². The Bertz CT molecular complexity index is 3540. The molecule has 0 amide bonds. The van der Waals surface area contributed by atoms with Crippen LogP contribution in [0.4, 0.5) is 11.6 Å². The first-order chi connectivity index (χ1) is 40.5. The largest absolute Gasteiger partial charge is 0.387 e. The highest BCUT2D eigenvalue weighted by Crippen LogP contribution is 2.36. The number of sulfonamides is 1. The number of aliphatic hydroxyl groups is 4. The molecule has 0 saturated carbocycles. The molecule has 0 unspecified atom stereocenters. The molecule has 0 bridgehead atoms. The smallest absolute Gasteiger partial charge is 0.240 e. The summed E-state index contributed by atoms with van der Waals surface area (Å²) in [5.41, 5.74) is 12.3. The Hall–Kier alpha value is -7.65. The molecule has 2 aliphatic rings. The average molecular weight is 1150 g/mol. The molecule has 2 aliphatic heterocycles. The number of aromatic nitrogens is 8. The molecule has 8 atom stereocenters. The molecule has 0 aliphatic carbocycles. The van der Waals surface area contributed by atoms with Crippen molar-refractivity contribution < 1.29 is 47.8 Å². The van der Waals surface area contributed by atoms with Crippen molar-refractivity contribution in [2.45, 2.75) is 78.7 Å². The molecule has 9 aromatic rings. The predicted molar refractivity (Wildman–Crippen MR) is 311 cm³/mol. The SMILES string of the molecule is COC[C@H]1O[C@@H](n2cnc3c(NCC(c4ccccc4)c4ccccc4)nc(CCN)nc32)[C@H](O)[C@@H]1O.COC[C@H]1O[C@@H](n2cnc3c(NCC(c4ccccc4)c4ccccc4)nc(CCNS(=O)(=O)c4ccccc4)nc32)[C@H](O)[C@@H]1O. The van der Waals surface area contributed by atoms with Crippen molar-refractivity contribution in [2.24, 2.45) is 5.73 Å². The van der Waals surface area contributed by atoms with E-state index in [9.17, 15) is 28.8 Å². The summed E-state index contributed by atoms with van der Waals surface area (Å²) in [4.78, 5) is 28.2. The van der Waals surface area contributed by atoms with Crippen LogP contribution in [0.25, 0.3) is 22.3 Å². The van der Waals surface area contributed by atoms with E-state index in [-0.39, 0.29) is 42.9 Å². The van der Waals surface area contributed by atoms with Gasteiger partial charge in [0.2, 0.25) is 10.0 Å². The maximum absolute atomic E-state index is 12.8. The molecule has 434 valence electrons. The van der Waals surface area contributed by atoms with E-state index in [1.807, 2.05) is 72.8 Å². The number of hydrogen-bond acceptors (Lipinski definition) is 19. The van der Waals surface area contributed by atoms with E-state index in [1.54, 1.807) is 33.7 Å². The molecule has 83 heavy (non-hydrogen) atoms. The third-order valence-electron chi connectivity index (χ3n) is 14.6. The normalized spacial score (nSPS) is 20.7. The van der Waals surface area contributed by atoms with Gasteiger partial charge >= 0.3 is 0 Å². The van der Waals surface area contributed by atoms with Crippen LogP contribution < -0.4 is 21.1 Å². The van der Waals surface area contributed by atoms with Gasteiger partial charge in [0.25, 0.3) is 0 Å².